The normalized spacial score (nSPS) is 18.4. The fourth-order valence-electron chi connectivity index (χ4n) is 2.18. The highest BCUT2D eigenvalue weighted by Crippen LogP contribution is 2.24. The Morgan fingerprint density at radius 2 is 2.42 bits per heavy atom. The highest BCUT2D eigenvalue weighted by molar-refractivity contribution is 5.82. The minimum atomic E-state index is -0.592. The van der Waals surface area contributed by atoms with Crippen molar-refractivity contribution in [1.82, 2.24) is 20.2 Å². The van der Waals surface area contributed by atoms with Crippen LogP contribution in [0.5, 0.6) is 0 Å². The predicted octanol–water partition coefficient (Wildman–Crippen LogP) is 0.390. The molecule has 0 aliphatic carbocycles. The molecule has 1 aliphatic heterocycles. The number of rotatable bonds is 3. The fraction of sp³-hybridized carbons (Fsp3) is 0.583. The smallest absolute Gasteiger partial charge is 0.407 e. The molecule has 2 rings (SSSR count). The van der Waals surface area contributed by atoms with E-state index in [4.69, 9.17) is 0 Å². The Morgan fingerprint density at radius 1 is 1.63 bits per heavy atom. The molecule has 0 saturated carbocycles. The molecule has 0 unspecified atom stereocenters. The van der Waals surface area contributed by atoms with Crippen LogP contribution in [-0.4, -0.2) is 53.6 Å². The topological polar surface area (TPSA) is 87.3 Å². The lowest BCUT2D eigenvalue weighted by atomic mass is 10.1. The number of carbonyl (C=O) groups is 2. The molecule has 19 heavy (non-hydrogen) atoms. The van der Waals surface area contributed by atoms with E-state index >= 15 is 0 Å². The second-order valence-corrected chi connectivity index (χ2v) is 4.62. The number of aromatic amines is 1. The Labute approximate surface area is 111 Å². The van der Waals surface area contributed by atoms with Gasteiger partial charge in [-0.3, -0.25) is 4.79 Å². The van der Waals surface area contributed by atoms with Crippen molar-refractivity contribution in [3.05, 3.63) is 17.7 Å². The molecule has 1 aliphatic rings. The number of aromatic nitrogens is 2. The number of ether oxygens (including phenoxy) is 1. The van der Waals surface area contributed by atoms with Gasteiger partial charge in [0.15, 0.2) is 0 Å². The van der Waals surface area contributed by atoms with Crippen LogP contribution in [0.25, 0.3) is 0 Å². The van der Waals surface area contributed by atoms with Gasteiger partial charge in [0.2, 0.25) is 5.91 Å². The van der Waals surface area contributed by atoms with Crippen molar-refractivity contribution in [2.75, 3.05) is 26.7 Å². The zero-order valence-electron chi connectivity index (χ0n) is 11.1. The molecule has 2 amide bonds. The zero-order chi connectivity index (χ0) is 13.8. The van der Waals surface area contributed by atoms with Crippen LogP contribution in [0.1, 0.15) is 23.9 Å². The van der Waals surface area contributed by atoms with Crippen molar-refractivity contribution in [2.24, 2.45) is 0 Å². The predicted molar refractivity (Wildman–Crippen MR) is 67.7 cm³/mol. The SMILES string of the molecule is COC(=O)NCC(=O)N1CC[C@@H](c2ncc(C)[nH]2)C1. The van der Waals surface area contributed by atoms with Gasteiger partial charge in [-0.25, -0.2) is 9.78 Å². The van der Waals surface area contributed by atoms with Gasteiger partial charge in [0.05, 0.1) is 7.11 Å². The van der Waals surface area contributed by atoms with Crippen LogP contribution in [0.3, 0.4) is 0 Å². The summed E-state index contributed by atoms with van der Waals surface area (Å²) in [5.74, 6) is 1.07. The molecule has 7 heteroatoms. The first-order valence-corrected chi connectivity index (χ1v) is 6.21. The van der Waals surface area contributed by atoms with Gasteiger partial charge >= 0.3 is 6.09 Å². The van der Waals surface area contributed by atoms with E-state index in [2.05, 4.69) is 20.0 Å². The Balaban J connectivity index is 1.84. The summed E-state index contributed by atoms with van der Waals surface area (Å²) in [6, 6.07) is 0. The van der Waals surface area contributed by atoms with E-state index < -0.39 is 6.09 Å². The quantitative estimate of drug-likeness (QED) is 0.828. The lowest BCUT2D eigenvalue weighted by molar-refractivity contribution is -0.129. The van der Waals surface area contributed by atoms with Crippen LogP contribution in [-0.2, 0) is 9.53 Å². The zero-order valence-corrected chi connectivity index (χ0v) is 11.1. The number of methoxy groups -OCH3 is 1. The number of nitrogens with one attached hydrogen (secondary N) is 2. The molecule has 0 aromatic carbocycles. The maximum absolute atomic E-state index is 11.9. The van der Waals surface area contributed by atoms with E-state index in [1.165, 1.54) is 7.11 Å². The number of hydrogen-bond donors (Lipinski definition) is 2. The van der Waals surface area contributed by atoms with Crippen molar-refractivity contribution in [2.45, 2.75) is 19.3 Å². The van der Waals surface area contributed by atoms with E-state index in [1.807, 2.05) is 6.92 Å². The van der Waals surface area contributed by atoms with E-state index in [1.54, 1.807) is 11.1 Å². The molecular weight excluding hydrogens is 248 g/mol. The monoisotopic (exact) mass is 266 g/mol. The molecular formula is C12H18N4O3. The van der Waals surface area contributed by atoms with Gasteiger partial charge in [-0.05, 0) is 13.3 Å². The average molecular weight is 266 g/mol. The van der Waals surface area contributed by atoms with Gasteiger partial charge in [0.1, 0.15) is 12.4 Å². The molecule has 2 N–H and O–H groups in total. The lowest BCUT2D eigenvalue weighted by Gasteiger charge is -2.16. The molecule has 1 aromatic heterocycles. The molecule has 0 bridgehead atoms. The summed E-state index contributed by atoms with van der Waals surface area (Å²) in [7, 11) is 1.27. The highest BCUT2D eigenvalue weighted by Gasteiger charge is 2.28. The highest BCUT2D eigenvalue weighted by atomic mass is 16.5. The first kappa shape index (κ1) is 13.4. The number of imidazole rings is 1. The second kappa shape index (κ2) is 5.73. The van der Waals surface area contributed by atoms with Gasteiger partial charge in [-0.15, -0.1) is 0 Å². The van der Waals surface area contributed by atoms with Crippen LogP contribution >= 0.6 is 0 Å². The van der Waals surface area contributed by atoms with E-state index in [0.29, 0.717) is 13.1 Å². The molecule has 104 valence electrons. The Hall–Kier alpha value is -2.05. The Bertz CT molecular complexity index is 471. The van der Waals surface area contributed by atoms with Crippen molar-refractivity contribution < 1.29 is 14.3 Å². The maximum atomic E-state index is 11.9. The van der Waals surface area contributed by atoms with Crippen molar-refractivity contribution in [1.29, 1.82) is 0 Å². The van der Waals surface area contributed by atoms with Gasteiger partial charge < -0.3 is 19.9 Å². The molecule has 1 saturated heterocycles. The van der Waals surface area contributed by atoms with Gasteiger partial charge in [-0.1, -0.05) is 0 Å². The fourth-order valence-corrected chi connectivity index (χ4v) is 2.18. The number of carbonyl (C=O) groups excluding carboxylic acids is 2. The molecule has 0 spiro atoms. The Morgan fingerprint density at radius 3 is 3.05 bits per heavy atom. The molecule has 1 fully saturated rings. The van der Waals surface area contributed by atoms with Gasteiger partial charge in [0.25, 0.3) is 0 Å². The second-order valence-electron chi connectivity index (χ2n) is 4.62. The third-order valence-electron chi connectivity index (χ3n) is 3.22. The summed E-state index contributed by atoms with van der Waals surface area (Å²) < 4.78 is 4.42. The molecule has 7 nitrogen and oxygen atoms in total. The third-order valence-corrected chi connectivity index (χ3v) is 3.22. The number of nitrogens with zero attached hydrogens (tertiary/aromatic N) is 2. The molecule has 1 atom stereocenters. The first-order chi connectivity index (χ1) is 9.10. The Kier molecular flexibility index (Phi) is 4.03. The summed E-state index contributed by atoms with van der Waals surface area (Å²) in [6.45, 7) is 3.24. The molecule has 1 aromatic rings. The average Bonchev–Trinajstić information content (AvgIpc) is 3.03. The summed E-state index contributed by atoms with van der Waals surface area (Å²) in [6.07, 6.45) is 2.08. The van der Waals surface area contributed by atoms with Crippen molar-refractivity contribution in [3.8, 4) is 0 Å². The van der Waals surface area contributed by atoms with E-state index in [-0.39, 0.29) is 18.4 Å². The van der Waals surface area contributed by atoms with Crippen LogP contribution in [0.2, 0.25) is 0 Å². The van der Waals surface area contributed by atoms with Crippen LogP contribution in [0.15, 0.2) is 6.20 Å². The van der Waals surface area contributed by atoms with Crippen molar-refractivity contribution >= 4 is 12.0 Å². The summed E-state index contributed by atoms with van der Waals surface area (Å²) >= 11 is 0. The first-order valence-electron chi connectivity index (χ1n) is 6.21. The number of hydrogen-bond acceptors (Lipinski definition) is 4. The molecule has 2 heterocycles. The largest absolute Gasteiger partial charge is 0.453 e. The number of amides is 2. The van der Waals surface area contributed by atoms with Gasteiger partial charge in [-0.2, -0.15) is 0 Å². The summed E-state index contributed by atoms with van der Waals surface area (Å²) in [5, 5.41) is 2.39. The number of aryl methyl sites for hydroxylation is 1. The van der Waals surface area contributed by atoms with Crippen LogP contribution < -0.4 is 5.32 Å². The third kappa shape index (κ3) is 3.24. The minimum absolute atomic E-state index is 0.0312. The van der Waals surface area contributed by atoms with Crippen LogP contribution in [0, 0.1) is 6.92 Å². The summed E-state index contributed by atoms with van der Waals surface area (Å²) in [4.78, 5) is 32.0. The summed E-state index contributed by atoms with van der Waals surface area (Å²) in [5.41, 5.74) is 1.02. The molecule has 0 radical (unpaired) electrons. The number of H-pyrrole nitrogens is 1. The minimum Gasteiger partial charge on any atom is -0.453 e. The standard InChI is InChI=1S/C12H18N4O3/c1-8-5-13-11(15-8)9-3-4-16(7-9)10(17)6-14-12(18)19-2/h5,9H,3-4,6-7H2,1-2H3,(H,13,15)(H,14,18)/t9-/m1/s1. The number of likely N-dealkylation sites (tertiary alicyclic amines) is 1. The van der Waals surface area contributed by atoms with E-state index in [9.17, 15) is 9.59 Å². The lowest BCUT2D eigenvalue weighted by Crippen LogP contribution is -2.38. The maximum Gasteiger partial charge on any atom is 0.407 e. The van der Waals surface area contributed by atoms with E-state index in [0.717, 1.165) is 17.9 Å². The van der Waals surface area contributed by atoms with Gasteiger partial charge in [0, 0.05) is 30.9 Å². The van der Waals surface area contributed by atoms with Crippen molar-refractivity contribution in [3.63, 3.8) is 0 Å². The number of alkyl carbamates (subject to hydrolysis) is 1. The van der Waals surface area contributed by atoms with Crippen LogP contribution in [0.4, 0.5) is 4.79 Å².